The molecule has 0 saturated carbocycles. The molecule has 0 fully saturated rings. The number of hydrogen-bond donors (Lipinski definition) is 3. The average Bonchev–Trinajstić information content (AvgIpc) is 2.82. The zero-order chi connectivity index (χ0) is 24.7. The number of rotatable bonds is 10. The van der Waals surface area contributed by atoms with Crippen molar-refractivity contribution >= 4 is 27.4 Å². The number of phenols is 1. The summed E-state index contributed by atoms with van der Waals surface area (Å²) in [5.74, 6) is -1.18. The van der Waals surface area contributed by atoms with Gasteiger partial charge in [0.15, 0.2) is 0 Å². The Bertz CT molecular complexity index is 1240. The van der Waals surface area contributed by atoms with Crippen LogP contribution in [-0.4, -0.2) is 44.3 Å². The van der Waals surface area contributed by atoms with Crippen LogP contribution in [0.4, 0.5) is 0 Å². The fraction of sp³-hybridized carbons (Fsp3) is 0.240. The molecule has 0 saturated heterocycles. The van der Waals surface area contributed by atoms with Crippen LogP contribution in [0.15, 0.2) is 76.5 Å². The summed E-state index contributed by atoms with van der Waals surface area (Å²) in [6.45, 7) is 2.73. The minimum Gasteiger partial charge on any atom is -0.507 e. The molecule has 180 valence electrons. The Labute approximate surface area is 203 Å². The first-order valence-corrected chi connectivity index (χ1v) is 12.6. The Morgan fingerprint density at radius 2 is 1.76 bits per heavy atom. The number of hydrogen-bond acceptors (Lipinski definition) is 7. The Morgan fingerprint density at radius 3 is 2.41 bits per heavy atom. The van der Waals surface area contributed by atoms with Gasteiger partial charge in [0, 0.05) is 11.6 Å². The fourth-order valence-electron chi connectivity index (χ4n) is 3.33. The number of ether oxygens (including phenoxy) is 1. The molecule has 7 nitrogen and oxygen atoms in total. The van der Waals surface area contributed by atoms with Crippen molar-refractivity contribution in [3.8, 4) is 5.75 Å². The van der Waals surface area contributed by atoms with Crippen molar-refractivity contribution in [1.82, 2.24) is 5.32 Å². The number of nitrogens with one attached hydrogen (secondary N) is 1. The van der Waals surface area contributed by atoms with Crippen LogP contribution >= 0.6 is 11.6 Å². The highest BCUT2D eigenvalue weighted by Crippen LogP contribution is 2.27. The second-order valence-electron chi connectivity index (χ2n) is 7.57. The third-order valence-electron chi connectivity index (χ3n) is 5.17. The summed E-state index contributed by atoms with van der Waals surface area (Å²) in [6.07, 6.45) is -0.0460. The highest BCUT2D eigenvalue weighted by atomic mass is 35.5. The van der Waals surface area contributed by atoms with Crippen LogP contribution in [0.2, 0.25) is 5.02 Å². The highest BCUT2D eigenvalue weighted by molar-refractivity contribution is 7.91. The normalized spacial score (nSPS) is 12.3. The van der Waals surface area contributed by atoms with Gasteiger partial charge in [-0.25, -0.2) is 13.2 Å². The lowest BCUT2D eigenvalue weighted by Crippen LogP contribution is -2.23. The number of sulfone groups is 1. The van der Waals surface area contributed by atoms with Crippen molar-refractivity contribution in [1.29, 1.82) is 0 Å². The maximum Gasteiger partial charge on any atom is 0.341 e. The zero-order valence-corrected chi connectivity index (χ0v) is 20.1. The van der Waals surface area contributed by atoms with Gasteiger partial charge in [0.1, 0.15) is 11.3 Å². The first-order valence-electron chi connectivity index (χ1n) is 10.7. The SMILES string of the molecule is CCOC(=O)c1ccc(S(=O)(=O)c2ccc(CCNCC(O)c3cccc(Cl)c3)cc2)cc1O. The molecular formula is C25H26ClNO6S. The number of benzene rings is 3. The molecule has 3 aromatic rings. The van der Waals surface area contributed by atoms with Crippen LogP contribution in [0.3, 0.4) is 0 Å². The van der Waals surface area contributed by atoms with E-state index in [0.29, 0.717) is 24.5 Å². The van der Waals surface area contributed by atoms with Crippen molar-refractivity contribution in [2.75, 3.05) is 19.7 Å². The largest absolute Gasteiger partial charge is 0.507 e. The molecular weight excluding hydrogens is 478 g/mol. The molecule has 9 heteroatoms. The smallest absolute Gasteiger partial charge is 0.341 e. The quantitative estimate of drug-likeness (QED) is 0.284. The van der Waals surface area contributed by atoms with Crippen molar-refractivity contribution in [3.05, 3.63) is 88.4 Å². The van der Waals surface area contributed by atoms with Gasteiger partial charge in [0.25, 0.3) is 0 Å². The second kappa shape index (κ2) is 11.5. The molecule has 0 bridgehead atoms. The molecule has 0 aliphatic heterocycles. The van der Waals surface area contributed by atoms with Crippen molar-refractivity contribution in [2.45, 2.75) is 29.2 Å². The maximum atomic E-state index is 12.9. The number of aliphatic hydroxyl groups excluding tert-OH is 1. The van der Waals surface area contributed by atoms with Gasteiger partial charge in [0.05, 0.1) is 22.5 Å². The number of aromatic hydroxyl groups is 1. The molecule has 0 aliphatic carbocycles. The average molecular weight is 504 g/mol. The Morgan fingerprint density at radius 1 is 1.06 bits per heavy atom. The van der Waals surface area contributed by atoms with Gasteiger partial charge in [-0.15, -0.1) is 0 Å². The summed E-state index contributed by atoms with van der Waals surface area (Å²) in [5.41, 5.74) is 1.56. The Kier molecular flexibility index (Phi) is 8.68. The Hall–Kier alpha value is -2.91. The lowest BCUT2D eigenvalue weighted by molar-refractivity contribution is 0.0523. The van der Waals surface area contributed by atoms with Gasteiger partial charge in [0.2, 0.25) is 9.84 Å². The second-order valence-corrected chi connectivity index (χ2v) is 9.96. The lowest BCUT2D eigenvalue weighted by atomic mass is 10.1. The predicted octanol–water partition coefficient (Wildman–Crippen LogP) is 3.92. The molecule has 1 unspecified atom stereocenters. The van der Waals surface area contributed by atoms with E-state index in [2.05, 4.69) is 5.32 Å². The van der Waals surface area contributed by atoms with E-state index in [1.807, 2.05) is 6.07 Å². The monoisotopic (exact) mass is 503 g/mol. The van der Waals surface area contributed by atoms with E-state index < -0.39 is 27.7 Å². The van der Waals surface area contributed by atoms with E-state index >= 15 is 0 Å². The predicted molar refractivity (Wildman–Crippen MR) is 129 cm³/mol. The summed E-state index contributed by atoms with van der Waals surface area (Å²) in [4.78, 5) is 11.8. The highest BCUT2D eigenvalue weighted by Gasteiger charge is 2.21. The van der Waals surface area contributed by atoms with Gasteiger partial charge < -0.3 is 20.3 Å². The van der Waals surface area contributed by atoms with E-state index in [9.17, 15) is 23.4 Å². The van der Waals surface area contributed by atoms with E-state index in [1.54, 1.807) is 37.3 Å². The number of carbonyl (C=O) groups is 1. The van der Waals surface area contributed by atoms with Crippen molar-refractivity contribution < 1.29 is 28.2 Å². The van der Waals surface area contributed by atoms with Crippen LogP contribution < -0.4 is 5.32 Å². The molecule has 3 N–H and O–H groups in total. The number of carbonyl (C=O) groups excluding carboxylic acids is 1. The fourth-order valence-corrected chi connectivity index (χ4v) is 4.81. The van der Waals surface area contributed by atoms with E-state index in [4.69, 9.17) is 16.3 Å². The molecule has 0 aromatic heterocycles. The number of aliphatic hydroxyl groups is 1. The van der Waals surface area contributed by atoms with Crippen LogP contribution in [0.1, 0.15) is 34.5 Å². The van der Waals surface area contributed by atoms with E-state index in [-0.39, 0.29) is 22.0 Å². The Balaban J connectivity index is 1.59. The maximum absolute atomic E-state index is 12.9. The van der Waals surface area contributed by atoms with Crippen LogP contribution in [-0.2, 0) is 21.0 Å². The van der Waals surface area contributed by atoms with Crippen molar-refractivity contribution in [3.63, 3.8) is 0 Å². The van der Waals surface area contributed by atoms with Crippen LogP contribution in [0.5, 0.6) is 5.75 Å². The molecule has 3 rings (SSSR count). The number of esters is 1. The minimum absolute atomic E-state index is 0.0730. The zero-order valence-electron chi connectivity index (χ0n) is 18.6. The molecule has 0 spiro atoms. The van der Waals surface area contributed by atoms with Gasteiger partial charge in [-0.1, -0.05) is 35.9 Å². The molecule has 0 amide bonds. The first-order chi connectivity index (χ1) is 16.2. The number of phenolic OH excluding ortho intramolecular Hbond substituents is 1. The third kappa shape index (κ3) is 6.36. The minimum atomic E-state index is -3.88. The van der Waals surface area contributed by atoms with Crippen LogP contribution in [0.25, 0.3) is 0 Å². The number of halogens is 1. The summed E-state index contributed by atoms with van der Waals surface area (Å²) in [5, 5.41) is 24.1. The molecule has 0 aliphatic rings. The third-order valence-corrected chi connectivity index (χ3v) is 7.17. The van der Waals surface area contributed by atoms with E-state index in [1.165, 1.54) is 24.3 Å². The van der Waals surface area contributed by atoms with Gasteiger partial charge >= 0.3 is 5.97 Å². The van der Waals surface area contributed by atoms with Gasteiger partial charge in [-0.2, -0.15) is 0 Å². The summed E-state index contributed by atoms with van der Waals surface area (Å²) >= 11 is 5.95. The molecule has 1 atom stereocenters. The lowest BCUT2D eigenvalue weighted by Gasteiger charge is -2.13. The van der Waals surface area contributed by atoms with Crippen LogP contribution in [0, 0.1) is 0 Å². The summed E-state index contributed by atoms with van der Waals surface area (Å²) in [6, 6.07) is 17.0. The molecule has 3 aromatic carbocycles. The van der Waals surface area contributed by atoms with E-state index in [0.717, 1.165) is 17.2 Å². The van der Waals surface area contributed by atoms with Crippen molar-refractivity contribution in [2.24, 2.45) is 0 Å². The van der Waals surface area contributed by atoms with Gasteiger partial charge in [-0.05, 0) is 73.5 Å². The first kappa shape index (κ1) is 25.7. The summed E-state index contributed by atoms with van der Waals surface area (Å²) < 4.78 is 30.7. The molecule has 0 radical (unpaired) electrons. The van der Waals surface area contributed by atoms with Gasteiger partial charge in [-0.3, -0.25) is 0 Å². The molecule has 34 heavy (non-hydrogen) atoms. The standard InChI is InChI=1S/C25H26ClNO6S/c1-2-33-25(30)22-11-10-21(15-23(22)28)34(31,32)20-8-6-17(7-9-20)12-13-27-16-24(29)18-4-3-5-19(26)14-18/h3-11,14-15,24,27-29H,2,12-13,16H2,1H3. The molecule has 0 heterocycles. The summed E-state index contributed by atoms with van der Waals surface area (Å²) in [7, 11) is -3.88. The topological polar surface area (TPSA) is 113 Å².